The van der Waals surface area contributed by atoms with Gasteiger partial charge in [-0.15, -0.1) is 0 Å². The highest BCUT2D eigenvalue weighted by Gasteiger charge is 2.02. The standard InChI is InChI=1S/C6H14O3S3/c1-10(7)3-5-12(9)6-4-11(2)8/h3-6H2,1-2H3. The second-order valence-corrected chi connectivity index (χ2v) is 7.21. The Morgan fingerprint density at radius 2 is 1.08 bits per heavy atom. The van der Waals surface area contributed by atoms with Crippen LogP contribution in [0.15, 0.2) is 0 Å². The van der Waals surface area contributed by atoms with E-state index >= 15 is 0 Å². The summed E-state index contributed by atoms with van der Waals surface area (Å²) in [6, 6.07) is 0. The van der Waals surface area contributed by atoms with Crippen molar-refractivity contribution in [2.75, 3.05) is 35.5 Å². The van der Waals surface area contributed by atoms with E-state index < -0.39 is 32.4 Å². The molecule has 0 saturated carbocycles. The zero-order valence-electron chi connectivity index (χ0n) is 7.28. The van der Waals surface area contributed by atoms with Gasteiger partial charge in [-0.1, -0.05) is 0 Å². The molecule has 0 amide bonds. The third-order valence-electron chi connectivity index (χ3n) is 1.20. The highest BCUT2D eigenvalue weighted by molar-refractivity contribution is 7.90. The van der Waals surface area contributed by atoms with Crippen LogP contribution in [0.5, 0.6) is 0 Å². The summed E-state index contributed by atoms with van der Waals surface area (Å²) in [4.78, 5) is 0. The maximum absolute atomic E-state index is 11.1. The Bertz CT molecular complexity index is 182. The first-order chi connectivity index (χ1) is 5.52. The van der Waals surface area contributed by atoms with Crippen molar-refractivity contribution in [3.8, 4) is 0 Å². The fourth-order valence-electron chi connectivity index (χ4n) is 0.523. The van der Waals surface area contributed by atoms with Crippen LogP contribution < -0.4 is 0 Å². The Labute approximate surface area is 80.7 Å². The van der Waals surface area contributed by atoms with Crippen LogP contribution >= 0.6 is 0 Å². The molecule has 0 N–H and O–H groups in total. The maximum Gasteiger partial charge on any atom is 0.0350 e. The molecule has 0 rings (SSSR count). The molecule has 12 heavy (non-hydrogen) atoms. The summed E-state index contributed by atoms with van der Waals surface area (Å²) >= 11 is 0. The Hall–Kier alpha value is 0.450. The summed E-state index contributed by atoms with van der Waals surface area (Å²) in [5, 5.41) is 0. The molecule has 2 unspecified atom stereocenters. The van der Waals surface area contributed by atoms with E-state index in [2.05, 4.69) is 0 Å². The van der Waals surface area contributed by atoms with Crippen LogP contribution in [0.4, 0.5) is 0 Å². The third-order valence-corrected chi connectivity index (χ3v) is 4.59. The van der Waals surface area contributed by atoms with Crippen molar-refractivity contribution < 1.29 is 12.6 Å². The normalized spacial score (nSPS) is 18.5. The fourth-order valence-corrected chi connectivity index (χ4v) is 4.09. The molecule has 6 heteroatoms. The predicted octanol–water partition coefficient (Wildman–Crippen LogP) is -0.508. The maximum atomic E-state index is 11.1. The molecule has 0 spiro atoms. The van der Waals surface area contributed by atoms with E-state index in [1.54, 1.807) is 12.5 Å². The van der Waals surface area contributed by atoms with Gasteiger partial charge in [0.15, 0.2) is 0 Å². The molecule has 0 aliphatic heterocycles. The molecule has 0 aliphatic rings. The molecule has 2 atom stereocenters. The van der Waals surface area contributed by atoms with Gasteiger partial charge in [0.2, 0.25) is 0 Å². The van der Waals surface area contributed by atoms with Crippen molar-refractivity contribution in [3.05, 3.63) is 0 Å². The van der Waals surface area contributed by atoms with Gasteiger partial charge in [-0.2, -0.15) is 0 Å². The summed E-state index contributed by atoms with van der Waals surface area (Å²) in [5.74, 6) is 1.87. The zero-order valence-corrected chi connectivity index (χ0v) is 9.73. The van der Waals surface area contributed by atoms with Crippen LogP contribution in [-0.2, 0) is 32.4 Å². The molecule has 3 nitrogen and oxygen atoms in total. The van der Waals surface area contributed by atoms with Gasteiger partial charge in [-0.3, -0.25) is 12.6 Å². The molecular formula is C6H14O3S3. The van der Waals surface area contributed by atoms with Crippen LogP contribution in [-0.4, -0.2) is 48.1 Å². The van der Waals surface area contributed by atoms with E-state index in [1.165, 1.54) is 0 Å². The molecule has 0 aromatic rings. The van der Waals surface area contributed by atoms with Gasteiger partial charge in [0.1, 0.15) is 0 Å². The first kappa shape index (κ1) is 12.4. The van der Waals surface area contributed by atoms with Gasteiger partial charge in [-0.25, -0.2) is 0 Å². The lowest BCUT2D eigenvalue weighted by atomic mass is 10.9. The topological polar surface area (TPSA) is 51.2 Å². The number of rotatable bonds is 6. The van der Waals surface area contributed by atoms with Gasteiger partial charge in [0.25, 0.3) is 0 Å². The summed E-state index contributed by atoms with van der Waals surface area (Å²) in [5.41, 5.74) is 0. The number of hydrogen-bond acceptors (Lipinski definition) is 3. The quantitative estimate of drug-likeness (QED) is 0.618. The molecule has 0 bridgehead atoms. The SMILES string of the molecule is CS(=O)CCS(=O)CCS(C)=O. The van der Waals surface area contributed by atoms with Gasteiger partial charge in [-0.05, 0) is 0 Å². The van der Waals surface area contributed by atoms with E-state index in [-0.39, 0.29) is 0 Å². The average Bonchev–Trinajstić information content (AvgIpc) is 1.96. The Balaban J connectivity index is 3.47. The lowest BCUT2D eigenvalue weighted by Crippen LogP contribution is -2.13. The lowest BCUT2D eigenvalue weighted by Gasteiger charge is -1.98. The van der Waals surface area contributed by atoms with E-state index in [4.69, 9.17) is 0 Å². The van der Waals surface area contributed by atoms with Gasteiger partial charge >= 0.3 is 0 Å². The van der Waals surface area contributed by atoms with Gasteiger partial charge < -0.3 is 0 Å². The minimum Gasteiger partial charge on any atom is -0.260 e. The van der Waals surface area contributed by atoms with Gasteiger partial charge in [0, 0.05) is 67.9 Å². The smallest absolute Gasteiger partial charge is 0.0350 e. The monoisotopic (exact) mass is 230 g/mol. The highest BCUT2D eigenvalue weighted by atomic mass is 32.2. The van der Waals surface area contributed by atoms with Gasteiger partial charge in [0.05, 0.1) is 0 Å². The lowest BCUT2D eigenvalue weighted by molar-refractivity contribution is 0.678. The van der Waals surface area contributed by atoms with Crippen molar-refractivity contribution in [3.63, 3.8) is 0 Å². The molecular weight excluding hydrogens is 216 g/mol. The minimum atomic E-state index is -0.947. The van der Waals surface area contributed by atoms with Crippen molar-refractivity contribution in [1.29, 1.82) is 0 Å². The largest absolute Gasteiger partial charge is 0.260 e. The molecule has 74 valence electrons. The predicted molar refractivity (Wildman–Crippen MR) is 55.7 cm³/mol. The average molecular weight is 230 g/mol. The molecule has 0 radical (unpaired) electrons. The molecule has 0 aromatic heterocycles. The summed E-state index contributed by atoms with van der Waals surface area (Å²) < 4.78 is 32.3. The van der Waals surface area contributed by atoms with E-state index in [1.807, 2.05) is 0 Å². The summed E-state index contributed by atoms with van der Waals surface area (Å²) in [6.45, 7) is 0. The van der Waals surface area contributed by atoms with Crippen molar-refractivity contribution in [2.24, 2.45) is 0 Å². The van der Waals surface area contributed by atoms with E-state index in [0.29, 0.717) is 23.0 Å². The van der Waals surface area contributed by atoms with Crippen molar-refractivity contribution in [1.82, 2.24) is 0 Å². The molecule has 0 fully saturated rings. The van der Waals surface area contributed by atoms with E-state index in [0.717, 1.165) is 0 Å². The van der Waals surface area contributed by atoms with Crippen LogP contribution in [0.2, 0.25) is 0 Å². The first-order valence-electron chi connectivity index (χ1n) is 3.47. The molecule has 0 saturated heterocycles. The number of hydrogen-bond donors (Lipinski definition) is 0. The minimum absolute atomic E-state index is 0.459. The van der Waals surface area contributed by atoms with E-state index in [9.17, 15) is 12.6 Å². The highest BCUT2D eigenvalue weighted by Crippen LogP contribution is 1.87. The molecule has 0 aliphatic carbocycles. The fraction of sp³-hybridized carbons (Fsp3) is 1.00. The molecule has 0 aromatic carbocycles. The Kier molecular flexibility index (Phi) is 7.17. The van der Waals surface area contributed by atoms with Crippen molar-refractivity contribution in [2.45, 2.75) is 0 Å². The summed E-state index contributed by atoms with van der Waals surface area (Å²) in [6.07, 6.45) is 3.18. The van der Waals surface area contributed by atoms with Crippen LogP contribution in [0, 0.1) is 0 Å². The Morgan fingerprint density at radius 3 is 1.33 bits per heavy atom. The molecule has 0 heterocycles. The van der Waals surface area contributed by atoms with Crippen LogP contribution in [0.3, 0.4) is 0 Å². The van der Waals surface area contributed by atoms with Crippen LogP contribution in [0.25, 0.3) is 0 Å². The zero-order chi connectivity index (χ0) is 9.56. The second kappa shape index (κ2) is 6.91. The first-order valence-corrected chi connectivity index (χ1v) is 8.41. The third kappa shape index (κ3) is 8.55. The summed E-state index contributed by atoms with van der Waals surface area (Å²) in [7, 11) is -2.69. The van der Waals surface area contributed by atoms with Crippen molar-refractivity contribution >= 4 is 32.4 Å². The van der Waals surface area contributed by atoms with Crippen LogP contribution in [0.1, 0.15) is 0 Å². The Morgan fingerprint density at radius 1 is 0.750 bits per heavy atom. The second-order valence-electron chi connectivity index (χ2n) is 2.40.